The lowest BCUT2D eigenvalue weighted by Crippen LogP contribution is -2.16. The number of benzene rings is 3. The second kappa shape index (κ2) is 13.0. The van der Waals surface area contributed by atoms with Crippen LogP contribution < -0.4 is 5.32 Å². The van der Waals surface area contributed by atoms with E-state index in [9.17, 15) is 4.39 Å². The van der Waals surface area contributed by atoms with Crippen molar-refractivity contribution in [3.8, 4) is 0 Å². The Balaban J connectivity index is 1.61. The lowest BCUT2D eigenvalue weighted by molar-refractivity contribution is 0.531. The average molecular weight is 531 g/mol. The summed E-state index contributed by atoms with van der Waals surface area (Å²) in [5.74, 6) is -1.36. The minimum atomic E-state index is -0.531. The van der Waals surface area contributed by atoms with Gasteiger partial charge in [-0.05, 0) is 115 Å². The van der Waals surface area contributed by atoms with Gasteiger partial charge in [-0.2, -0.15) is 0 Å². The highest BCUT2D eigenvalue weighted by Crippen LogP contribution is 2.41. The Kier molecular flexibility index (Phi) is 9.47. The molecule has 0 aliphatic heterocycles. The molecule has 0 spiro atoms. The largest absolute Gasteiger partial charge is 0.378 e. The zero-order valence-electron chi connectivity index (χ0n) is 23.1. The monoisotopic (exact) mass is 530 g/mol. The van der Waals surface area contributed by atoms with Gasteiger partial charge in [0.15, 0.2) is 0 Å². The fraction of sp³-hybridized carbons (Fsp3) is 0.294. The van der Waals surface area contributed by atoms with E-state index in [0.29, 0.717) is 31.5 Å². The first-order valence-electron chi connectivity index (χ1n) is 13.6. The summed E-state index contributed by atoms with van der Waals surface area (Å²) in [5, 5.41) is 3.28. The minimum Gasteiger partial charge on any atom is -0.378 e. The van der Waals surface area contributed by atoms with Crippen LogP contribution in [0.15, 0.2) is 79.0 Å². The van der Waals surface area contributed by atoms with Crippen LogP contribution in [0.2, 0.25) is 0 Å². The molecule has 0 saturated carbocycles. The van der Waals surface area contributed by atoms with Gasteiger partial charge in [-0.3, -0.25) is 0 Å². The third-order valence-electron chi connectivity index (χ3n) is 7.33. The van der Waals surface area contributed by atoms with Crippen molar-refractivity contribution in [1.82, 2.24) is 10.2 Å². The lowest BCUT2D eigenvalue weighted by Gasteiger charge is -2.19. The van der Waals surface area contributed by atoms with Crippen molar-refractivity contribution >= 4 is 11.1 Å². The van der Waals surface area contributed by atoms with Crippen LogP contribution in [0.3, 0.4) is 0 Å². The third-order valence-corrected chi connectivity index (χ3v) is 7.33. The van der Waals surface area contributed by atoms with Gasteiger partial charge in [-0.15, -0.1) is 0 Å². The molecule has 0 radical (unpaired) electrons. The van der Waals surface area contributed by atoms with Crippen molar-refractivity contribution in [3.05, 3.63) is 130 Å². The van der Waals surface area contributed by atoms with E-state index in [-0.39, 0.29) is 11.4 Å². The number of allylic oxidation sites excluding steroid dienone is 2. The number of hydrogen-bond acceptors (Lipinski definition) is 2. The minimum absolute atomic E-state index is 0.110. The molecule has 3 aromatic carbocycles. The van der Waals surface area contributed by atoms with Gasteiger partial charge in [-0.1, -0.05) is 43.0 Å². The maximum absolute atomic E-state index is 15.4. The normalized spacial score (nSPS) is 13.5. The summed E-state index contributed by atoms with van der Waals surface area (Å²) in [6.07, 6.45) is 7.35. The first-order valence-corrected chi connectivity index (χ1v) is 13.6. The molecule has 0 fully saturated rings. The molecular formula is C34H37F3N2. The fourth-order valence-corrected chi connectivity index (χ4v) is 5.20. The van der Waals surface area contributed by atoms with E-state index in [1.807, 2.05) is 56.3 Å². The predicted molar refractivity (Wildman–Crippen MR) is 156 cm³/mol. The van der Waals surface area contributed by atoms with Crippen LogP contribution in [0.1, 0.15) is 52.6 Å². The van der Waals surface area contributed by atoms with E-state index in [0.717, 1.165) is 58.4 Å². The highest BCUT2D eigenvalue weighted by Gasteiger charge is 2.23. The average Bonchev–Trinajstić information content (AvgIpc) is 3.08. The molecule has 204 valence electrons. The lowest BCUT2D eigenvalue weighted by atomic mass is 9.86. The number of aryl methyl sites for hydroxylation is 2. The van der Waals surface area contributed by atoms with Gasteiger partial charge in [0.25, 0.3) is 0 Å². The topological polar surface area (TPSA) is 15.3 Å². The van der Waals surface area contributed by atoms with Gasteiger partial charge in [0.2, 0.25) is 0 Å². The molecule has 0 amide bonds. The van der Waals surface area contributed by atoms with Crippen LogP contribution in [0, 0.1) is 24.4 Å². The van der Waals surface area contributed by atoms with Crippen molar-refractivity contribution in [3.63, 3.8) is 0 Å². The van der Waals surface area contributed by atoms with Crippen molar-refractivity contribution < 1.29 is 13.2 Å². The number of nitrogens with one attached hydrogen (secondary N) is 1. The van der Waals surface area contributed by atoms with Gasteiger partial charge in [0.05, 0.1) is 0 Å². The number of hydrogen-bond donors (Lipinski definition) is 1. The molecule has 1 aliphatic rings. The molecule has 0 unspecified atom stereocenters. The van der Waals surface area contributed by atoms with Crippen LogP contribution in [0.4, 0.5) is 13.2 Å². The highest BCUT2D eigenvalue weighted by atomic mass is 19.1. The number of likely N-dealkylation sites (N-methyl/N-ethyl adjacent to an activating group) is 1. The maximum Gasteiger partial charge on any atom is 0.129 e. The SMILES string of the molecule is C=C(/C=C/CNCCCc1c(F)cc(C2=C(c3ccc(F)cc3C)CCCc3ccccc32)cc1F)N(C)C. The van der Waals surface area contributed by atoms with E-state index >= 15 is 8.78 Å². The quantitative estimate of drug-likeness (QED) is 0.212. The van der Waals surface area contributed by atoms with Gasteiger partial charge in [0.1, 0.15) is 17.5 Å². The van der Waals surface area contributed by atoms with Gasteiger partial charge < -0.3 is 10.2 Å². The molecule has 1 aliphatic carbocycles. The summed E-state index contributed by atoms with van der Waals surface area (Å²) in [6, 6.07) is 15.8. The Bertz CT molecular complexity index is 1380. The molecule has 1 N–H and O–H groups in total. The molecule has 2 nitrogen and oxygen atoms in total. The molecule has 0 heterocycles. The standard InChI is InChI=1S/C34H37F3N2/c1-23-20-27(35)16-17-28(23)30-14-7-12-25-11-5-6-13-29(25)34(30)26-21-32(36)31(33(37)22-26)15-9-19-38-18-8-10-24(2)39(3)4/h5-6,8,10-11,13,16-17,20-22,38H,2,7,9,12,14-15,18-19H2,1,3-4H3/b10-8+. The summed E-state index contributed by atoms with van der Waals surface area (Å²) >= 11 is 0. The molecule has 3 aromatic rings. The van der Waals surface area contributed by atoms with Crippen LogP contribution in [0.5, 0.6) is 0 Å². The van der Waals surface area contributed by atoms with Crippen molar-refractivity contribution in [2.24, 2.45) is 0 Å². The second-order valence-electron chi connectivity index (χ2n) is 10.3. The second-order valence-corrected chi connectivity index (χ2v) is 10.3. The maximum atomic E-state index is 15.4. The van der Waals surface area contributed by atoms with Crippen LogP contribution >= 0.6 is 0 Å². The zero-order chi connectivity index (χ0) is 27.9. The van der Waals surface area contributed by atoms with Crippen LogP contribution in [0.25, 0.3) is 11.1 Å². The Hall–Kier alpha value is -3.57. The first kappa shape index (κ1) is 28.4. The predicted octanol–water partition coefficient (Wildman–Crippen LogP) is 7.86. The molecular weight excluding hydrogens is 493 g/mol. The van der Waals surface area contributed by atoms with Crippen LogP contribution in [-0.4, -0.2) is 32.1 Å². The Labute approximate surface area is 230 Å². The van der Waals surface area contributed by atoms with E-state index in [1.54, 1.807) is 6.07 Å². The van der Waals surface area contributed by atoms with Gasteiger partial charge >= 0.3 is 0 Å². The third kappa shape index (κ3) is 6.90. The number of fused-ring (bicyclic) bond motifs is 1. The molecule has 0 saturated heterocycles. The van der Waals surface area contributed by atoms with Crippen LogP contribution in [-0.2, 0) is 12.8 Å². The van der Waals surface area contributed by atoms with Crippen molar-refractivity contribution in [2.75, 3.05) is 27.2 Å². The van der Waals surface area contributed by atoms with Gasteiger partial charge in [-0.25, -0.2) is 13.2 Å². The summed E-state index contributed by atoms with van der Waals surface area (Å²) in [6.45, 7) is 7.13. The number of rotatable bonds is 10. The Morgan fingerprint density at radius 3 is 2.44 bits per heavy atom. The zero-order valence-corrected chi connectivity index (χ0v) is 23.1. The number of nitrogens with zero attached hydrogens (tertiary/aromatic N) is 1. The van der Waals surface area contributed by atoms with Crippen molar-refractivity contribution in [1.29, 1.82) is 0 Å². The van der Waals surface area contributed by atoms with E-state index in [1.165, 1.54) is 24.3 Å². The molecule has 39 heavy (non-hydrogen) atoms. The Morgan fingerprint density at radius 1 is 0.974 bits per heavy atom. The first-order chi connectivity index (χ1) is 18.8. The summed E-state index contributed by atoms with van der Waals surface area (Å²) < 4.78 is 44.8. The summed E-state index contributed by atoms with van der Waals surface area (Å²) in [7, 11) is 3.87. The summed E-state index contributed by atoms with van der Waals surface area (Å²) in [4.78, 5) is 1.93. The van der Waals surface area contributed by atoms with Crippen molar-refractivity contribution in [2.45, 2.75) is 39.0 Å². The Morgan fingerprint density at radius 2 is 1.72 bits per heavy atom. The molecule has 0 atom stereocenters. The van der Waals surface area contributed by atoms with E-state index in [2.05, 4.69) is 18.0 Å². The molecule has 5 heteroatoms. The highest BCUT2D eigenvalue weighted by molar-refractivity contribution is 6.00. The number of halogens is 3. The van der Waals surface area contributed by atoms with E-state index < -0.39 is 11.6 Å². The molecule has 0 bridgehead atoms. The fourth-order valence-electron chi connectivity index (χ4n) is 5.20. The van der Waals surface area contributed by atoms with E-state index in [4.69, 9.17) is 0 Å². The molecule has 4 rings (SSSR count). The van der Waals surface area contributed by atoms with Gasteiger partial charge in [0, 0.05) is 31.9 Å². The summed E-state index contributed by atoms with van der Waals surface area (Å²) in [5.41, 5.74) is 7.23. The molecule has 0 aromatic heterocycles. The smallest absolute Gasteiger partial charge is 0.129 e.